The predicted molar refractivity (Wildman–Crippen MR) is 50.7 cm³/mol. The van der Waals surface area contributed by atoms with Crippen molar-refractivity contribution in [3.8, 4) is 0 Å². The largest absolute Gasteiger partial charge is 0.359 e. The van der Waals surface area contributed by atoms with Crippen molar-refractivity contribution < 1.29 is 4.39 Å². The van der Waals surface area contributed by atoms with E-state index in [1.54, 1.807) is 6.20 Å². The molecular formula is C9H7BrFN. The van der Waals surface area contributed by atoms with Crippen LogP contribution in [0.4, 0.5) is 4.39 Å². The Labute approximate surface area is 77.7 Å². The van der Waals surface area contributed by atoms with Gasteiger partial charge in [0.2, 0.25) is 0 Å². The van der Waals surface area contributed by atoms with Gasteiger partial charge >= 0.3 is 0 Å². The molecule has 0 radical (unpaired) electrons. The number of aromatic nitrogens is 1. The van der Waals surface area contributed by atoms with Gasteiger partial charge in [-0.25, -0.2) is 4.39 Å². The van der Waals surface area contributed by atoms with E-state index in [0.29, 0.717) is 5.52 Å². The molecule has 2 aromatic rings. The van der Waals surface area contributed by atoms with Crippen LogP contribution in [-0.2, 0) is 0 Å². The van der Waals surface area contributed by atoms with Crippen LogP contribution in [0, 0.1) is 12.7 Å². The van der Waals surface area contributed by atoms with Crippen LogP contribution in [0.3, 0.4) is 0 Å². The van der Waals surface area contributed by atoms with Crippen molar-refractivity contribution in [1.29, 1.82) is 0 Å². The van der Waals surface area contributed by atoms with Crippen molar-refractivity contribution in [2.24, 2.45) is 0 Å². The van der Waals surface area contributed by atoms with E-state index in [1.165, 1.54) is 6.07 Å². The summed E-state index contributed by atoms with van der Waals surface area (Å²) in [5.74, 6) is -0.215. The van der Waals surface area contributed by atoms with Crippen LogP contribution in [0.25, 0.3) is 10.9 Å². The minimum atomic E-state index is -0.215. The summed E-state index contributed by atoms with van der Waals surface area (Å²) >= 11 is 3.30. The highest BCUT2D eigenvalue weighted by Crippen LogP contribution is 2.27. The third-order valence-electron chi connectivity index (χ3n) is 2.00. The van der Waals surface area contributed by atoms with Gasteiger partial charge in [0.15, 0.2) is 0 Å². The second-order valence-electron chi connectivity index (χ2n) is 2.73. The number of H-pyrrole nitrogens is 1. The van der Waals surface area contributed by atoms with Gasteiger partial charge in [0, 0.05) is 16.1 Å². The third kappa shape index (κ3) is 0.966. The number of benzene rings is 1. The lowest BCUT2D eigenvalue weighted by Gasteiger charge is -2.00. The number of hydrogen-bond acceptors (Lipinski definition) is 0. The SMILES string of the molecule is Cc1c(Br)cc(F)c2[nH]ccc12. The monoisotopic (exact) mass is 227 g/mol. The van der Waals surface area contributed by atoms with Crippen molar-refractivity contribution >= 4 is 26.8 Å². The first kappa shape index (κ1) is 7.80. The average Bonchev–Trinajstić information content (AvgIpc) is 2.48. The average molecular weight is 228 g/mol. The van der Waals surface area contributed by atoms with Crippen LogP contribution in [0.2, 0.25) is 0 Å². The van der Waals surface area contributed by atoms with E-state index in [1.807, 2.05) is 13.0 Å². The molecule has 0 aliphatic rings. The summed E-state index contributed by atoms with van der Waals surface area (Å²) in [5.41, 5.74) is 1.64. The zero-order valence-electron chi connectivity index (χ0n) is 6.49. The van der Waals surface area contributed by atoms with E-state index in [4.69, 9.17) is 0 Å². The number of aryl methyl sites for hydroxylation is 1. The minimum Gasteiger partial charge on any atom is -0.359 e. The second-order valence-corrected chi connectivity index (χ2v) is 3.59. The highest BCUT2D eigenvalue weighted by Gasteiger charge is 2.07. The molecule has 0 aliphatic heterocycles. The maximum atomic E-state index is 13.2. The molecule has 1 heterocycles. The number of fused-ring (bicyclic) bond motifs is 1. The maximum Gasteiger partial charge on any atom is 0.148 e. The van der Waals surface area contributed by atoms with Crippen LogP contribution in [0.5, 0.6) is 0 Å². The van der Waals surface area contributed by atoms with Crippen LogP contribution in [0.15, 0.2) is 22.8 Å². The summed E-state index contributed by atoms with van der Waals surface area (Å²) in [5, 5.41) is 0.932. The third-order valence-corrected chi connectivity index (χ3v) is 2.83. The summed E-state index contributed by atoms with van der Waals surface area (Å²) in [6.07, 6.45) is 1.74. The van der Waals surface area contributed by atoms with E-state index in [2.05, 4.69) is 20.9 Å². The van der Waals surface area contributed by atoms with E-state index in [9.17, 15) is 4.39 Å². The van der Waals surface area contributed by atoms with Gasteiger partial charge in [-0.3, -0.25) is 0 Å². The van der Waals surface area contributed by atoms with Gasteiger partial charge < -0.3 is 4.98 Å². The minimum absolute atomic E-state index is 0.215. The van der Waals surface area contributed by atoms with E-state index >= 15 is 0 Å². The second kappa shape index (κ2) is 2.59. The topological polar surface area (TPSA) is 15.8 Å². The summed E-state index contributed by atoms with van der Waals surface area (Å²) in [4.78, 5) is 2.86. The maximum absolute atomic E-state index is 13.2. The fourth-order valence-electron chi connectivity index (χ4n) is 1.30. The Bertz CT molecular complexity index is 433. The van der Waals surface area contributed by atoms with Crippen LogP contribution in [0.1, 0.15) is 5.56 Å². The molecule has 12 heavy (non-hydrogen) atoms. The van der Waals surface area contributed by atoms with Gasteiger partial charge in [0.05, 0.1) is 5.52 Å². The normalized spacial score (nSPS) is 10.9. The molecule has 1 aromatic heterocycles. The van der Waals surface area contributed by atoms with Crippen molar-refractivity contribution in [3.63, 3.8) is 0 Å². The van der Waals surface area contributed by atoms with Gasteiger partial charge in [-0.05, 0) is 24.6 Å². The number of aromatic amines is 1. The Hall–Kier alpha value is -0.830. The molecule has 1 nitrogen and oxygen atoms in total. The van der Waals surface area contributed by atoms with Crippen molar-refractivity contribution in [2.45, 2.75) is 6.92 Å². The summed E-state index contributed by atoms with van der Waals surface area (Å²) < 4.78 is 14.0. The molecule has 0 fully saturated rings. The fourth-order valence-corrected chi connectivity index (χ4v) is 1.71. The molecule has 1 N–H and O–H groups in total. The molecule has 0 saturated carbocycles. The standard InChI is InChI=1S/C9H7BrFN/c1-5-6-2-3-12-9(6)8(11)4-7(5)10/h2-4,12H,1H3. The Morgan fingerprint density at radius 1 is 1.50 bits per heavy atom. The van der Waals surface area contributed by atoms with E-state index < -0.39 is 0 Å². The molecule has 0 amide bonds. The zero-order chi connectivity index (χ0) is 8.72. The van der Waals surface area contributed by atoms with Crippen LogP contribution in [-0.4, -0.2) is 4.98 Å². The van der Waals surface area contributed by atoms with Crippen molar-refractivity contribution in [2.75, 3.05) is 0 Å². The lowest BCUT2D eigenvalue weighted by molar-refractivity contribution is 0.636. The number of rotatable bonds is 0. The van der Waals surface area contributed by atoms with Crippen LogP contribution >= 0.6 is 15.9 Å². The Morgan fingerprint density at radius 3 is 3.00 bits per heavy atom. The first-order valence-electron chi connectivity index (χ1n) is 3.62. The molecule has 3 heteroatoms. The fraction of sp³-hybridized carbons (Fsp3) is 0.111. The van der Waals surface area contributed by atoms with Crippen LogP contribution < -0.4 is 0 Å². The Kier molecular flexibility index (Phi) is 1.68. The predicted octanol–water partition coefficient (Wildman–Crippen LogP) is 3.38. The highest BCUT2D eigenvalue weighted by atomic mass is 79.9. The van der Waals surface area contributed by atoms with Gasteiger partial charge in [0.1, 0.15) is 5.82 Å². The molecule has 1 aromatic carbocycles. The summed E-state index contributed by atoms with van der Waals surface area (Å²) in [7, 11) is 0. The van der Waals surface area contributed by atoms with E-state index in [-0.39, 0.29) is 5.82 Å². The molecule has 0 saturated heterocycles. The molecule has 0 spiro atoms. The Balaban J connectivity index is 2.97. The van der Waals surface area contributed by atoms with Gasteiger partial charge in [-0.1, -0.05) is 15.9 Å². The van der Waals surface area contributed by atoms with Crippen molar-refractivity contribution in [3.05, 3.63) is 34.2 Å². The first-order chi connectivity index (χ1) is 5.70. The quantitative estimate of drug-likeness (QED) is 0.711. The molecule has 0 atom stereocenters. The van der Waals surface area contributed by atoms with Gasteiger partial charge in [-0.2, -0.15) is 0 Å². The van der Waals surface area contributed by atoms with Gasteiger partial charge in [0.25, 0.3) is 0 Å². The molecule has 0 unspecified atom stereocenters. The summed E-state index contributed by atoms with van der Waals surface area (Å²) in [6.45, 7) is 1.96. The number of hydrogen-bond donors (Lipinski definition) is 1. The lowest BCUT2D eigenvalue weighted by Crippen LogP contribution is -1.82. The number of halogens is 2. The molecule has 62 valence electrons. The van der Waals surface area contributed by atoms with Gasteiger partial charge in [-0.15, -0.1) is 0 Å². The molecular weight excluding hydrogens is 221 g/mol. The lowest BCUT2D eigenvalue weighted by atomic mass is 10.1. The Morgan fingerprint density at radius 2 is 2.25 bits per heavy atom. The molecule has 0 bridgehead atoms. The molecule has 2 rings (SSSR count). The molecule has 0 aliphatic carbocycles. The smallest absolute Gasteiger partial charge is 0.148 e. The first-order valence-corrected chi connectivity index (χ1v) is 4.41. The number of nitrogens with one attached hydrogen (secondary N) is 1. The highest BCUT2D eigenvalue weighted by molar-refractivity contribution is 9.10. The van der Waals surface area contributed by atoms with Crippen molar-refractivity contribution in [1.82, 2.24) is 4.98 Å². The van der Waals surface area contributed by atoms with E-state index in [0.717, 1.165) is 15.4 Å². The zero-order valence-corrected chi connectivity index (χ0v) is 8.07. The summed E-state index contributed by atoms with van der Waals surface area (Å²) in [6, 6.07) is 3.35.